The molecule has 0 bridgehead atoms. The zero-order valence-corrected chi connectivity index (χ0v) is 18.6. The minimum absolute atomic E-state index is 0.0918. The minimum Gasteiger partial charge on any atom is -0.495 e. The lowest BCUT2D eigenvalue weighted by atomic mass is 10.2. The Hall–Kier alpha value is -3.59. The molecule has 0 unspecified atom stereocenters. The molecule has 3 rings (SSSR count). The van der Waals surface area contributed by atoms with Crippen molar-refractivity contribution in [2.75, 3.05) is 23.5 Å². The van der Waals surface area contributed by atoms with E-state index in [9.17, 15) is 14.4 Å². The average molecular weight is 453 g/mol. The second kappa shape index (κ2) is 11.1. The molecule has 0 saturated heterocycles. The van der Waals surface area contributed by atoms with E-state index < -0.39 is 0 Å². The van der Waals surface area contributed by atoms with E-state index in [2.05, 4.69) is 20.6 Å². The zero-order valence-electron chi connectivity index (χ0n) is 17.8. The third-order valence-corrected chi connectivity index (χ3v) is 5.28. The van der Waals surface area contributed by atoms with E-state index in [1.54, 1.807) is 42.5 Å². The molecular weight excluding hydrogens is 428 g/mol. The quantitative estimate of drug-likeness (QED) is 0.337. The second-order valence-electron chi connectivity index (χ2n) is 6.86. The summed E-state index contributed by atoms with van der Waals surface area (Å²) < 4.78 is 5.24. The Morgan fingerprint density at radius 1 is 1.09 bits per heavy atom. The summed E-state index contributed by atoms with van der Waals surface area (Å²) in [5, 5.41) is 5.99. The fourth-order valence-electron chi connectivity index (χ4n) is 2.91. The van der Waals surface area contributed by atoms with Gasteiger partial charge in [-0.05, 0) is 42.8 Å². The molecule has 2 amide bonds. The Labute approximate surface area is 189 Å². The van der Waals surface area contributed by atoms with Crippen LogP contribution in [0.4, 0.5) is 11.4 Å². The number of thioether (sulfide) groups is 1. The smallest absolute Gasteiger partial charge is 0.255 e. The van der Waals surface area contributed by atoms with Gasteiger partial charge in [-0.15, -0.1) is 0 Å². The van der Waals surface area contributed by atoms with Gasteiger partial charge < -0.3 is 20.4 Å². The third-order valence-electron chi connectivity index (χ3n) is 4.41. The van der Waals surface area contributed by atoms with Gasteiger partial charge in [-0.3, -0.25) is 14.4 Å². The largest absolute Gasteiger partial charge is 0.495 e. The number of methoxy groups -OCH3 is 1. The number of carbonyl (C=O) groups excluding carboxylic acids is 2. The molecule has 1 aromatic heterocycles. The summed E-state index contributed by atoms with van der Waals surface area (Å²) in [7, 11) is 1.54. The fourth-order valence-corrected chi connectivity index (χ4v) is 3.61. The summed E-state index contributed by atoms with van der Waals surface area (Å²) >= 11 is 1.16. The number of anilines is 2. The Kier molecular flexibility index (Phi) is 8.04. The third kappa shape index (κ3) is 6.45. The number of benzene rings is 2. The number of para-hydroxylation sites is 2. The molecule has 0 aliphatic heterocycles. The van der Waals surface area contributed by atoms with Gasteiger partial charge in [-0.1, -0.05) is 37.2 Å². The molecule has 0 spiro atoms. The highest BCUT2D eigenvalue weighted by Gasteiger charge is 2.11. The molecule has 2 aromatic carbocycles. The topological polar surface area (TPSA) is 113 Å². The summed E-state index contributed by atoms with van der Waals surface area (Å²) in [5.41, 5.74) is 2.06. The predicted octanol–water partition coefficient (Wildman–Crippen LogP) is 3.71. The Bertz CT molecular complexity index is 1150. The Morgan fingerprint density at radius 2 is 1.84 bits per heavy atom. The molecule has 9 heteroatoms. The maximum absolute atomic E-state index is 12.5. The van der Waals surface area contributed by atoms with Crippen LogP contribution in [-0.2, 0) is 11.2 Å². The highest BCUT2D eigenvalue weighted by Crippen LogP contribution is 2.24. The maximum atomic E-state index is 12.5. The number of aromatic amines is 1. The number of rotatable bonds is 9. The Balaban J connectivity index is 1.55. The molecule has 32 heavy (non-hydrogen) atoms. The number of hydrogen-bond acceptors (Lipinski definition) is 6. The van der Waals surface area contributed by atoms with Crippen molar-refractivity contribution in [1.29, 1.82) is 0 Å². The summed E-state index contributed by atoms with van der Waals surface area (Å²) in [6.45, 7) is 2.01. The van der Waals surface area contributed by atoms with Crippen LogP contribution in [0.5, 0.6) is 5.75 Å². The standard InChI is InChI=1S/C23H24N4O4S/c1-3-6-17-13-20(28)27-23(25-17)32-14-21(29)24-16-11-9-15(10-12-16)22(30)26-18-7-4-5-8-19(18)31-2/h4-5,7-13H,3,6,14H2,1-2H3,(H,24,29)(H,26,30)(H,25,27,28). The molecule has 3 N–H and O–H groups in total. The molecule has 0 atom stereocenters. The van der Waals surface area contributed by atoms with Gasteiger partial charge in [0.25, 0.3) is 11.5 Å². The van der Waals surface area contributed by atoms with Crippen LogP contribution in [0, 0.1) is 0 Å². The van der Waals surface area contributed by atoms with Crippen molar-refractivity contribution in [3.63, 3.8) is 0 Å². The van der Waals surface area contributed by atoms with E-state index in [0.717, 1.165) is 18.2 Å². The van der Waals surface area contributed by atoms with E-state index in [0.29, 0.717) is 40.0 Å². The van der Waals surface area contributed by atoms with Gasteiger partial charge in [0, 0.05) is 23.0 Å². The van der Waals surface area contributed by atoms with Crippen molar-refractivity contribution >= 4 is 35.0 Å². The molecule has 1 heterocycles. The van der Waals surface area contributed by atoms with E-state index >= 15 is 0 Å². The summed E-state index contributed by atoms with van der Waals surface area (Å²) in [5.74, 6) is 0.127. The Morgan fingerprint density at radius 3 is 2.56 bits per heavy atom. The number of aromatic nitrogens is 2. The van der Waals surface area contributed by atoms with Crippen LogP contribution >= 0.6 is 11.8 Å². The van der Waals surface area contributed by atoms with Crippen molar-refractivity contribution in [1.82, 2.24) is 9.97 Å². The molecule has 0 aliphatic rings. The molecule has 0 saturated carbocycles. The van der Waals surface area contributed by atoms with E-state index in [4.69, 9.17) is 4.74 Å². The van der Waals surface area contributed by atoms with Crippen molar-refractivity contribution in [2.45, 2.75) is 24.9 Å². The average Bonchev–Trinajstić information content (AvgIpc) is 2.78. The number of nitrogens with one attached hydrogen (secondary N) is 3. The number of H-pyrrole nitrogens is 1. The number of ether oxygens (including phenoxy) is 1. The maximum Gasteiger partial charge on any atom is 0.255 e. The SMILES string of the molecule is CCCc1cc(=O)[nH]c(SCC(=O)Nc2ccc(C(=O)Nc3ccccc3OC)cc2)n1. The molecule has 0 aliphatic carbocycles. The highest BCUT2D eigenvalue weighted by atomic mass is 32.2. The van der Waals surface area contributed by atoms with Gasteiger partial charge in [-0.2, -0.15) is 0 Å². The highest BCUT2D eigenvalue weighted by molar-refractivity contribution is 7.99. The van der Waals surface area contributed by atoms with E-state index in [-0.39, 0.29) is 23.1 Å². The van der Waals surface area contributed by atoms with Crippen LogP contribution in [0.1, 0.15) is 29.4 Å². The normalized spacial score (nSPS) is 10.4. The fraction of sp³-hybridized carbons (Fsp3) is 0.217. The van der Waals surface area contributed by atoms with Gasteiger partial charge >= 0.3 is 0 Å². The lowest BCUT2D eigenvalue weighted by Gasteiger charge is -2.10. The number of nitrogens with zero attached hydrogens (tertiary/aromatic N) is 1. The number of carbonyl (C=O) groups is 2. The molecule has 3 aromatic rings. The van der Waals surface area contributed by atoms with Gasteiger partial charge in [0.15, 0.2) is 5.16 Å². The van der Waals surface area contributed by atoms with Crippen molar-refractivity contribution in [2.24, 2.45) is 0 Å². The van der Waals surface area contributed by atoms with Gasteiger partial charge in [0.05, 0.1) is 18.6 Å². The lowest BCUT2D eigenvalue weighted by molar-refractivity contribution is -0.113. The molecule has 166 valence electrons. The minimum atomic E-state index is -0.287. The zero-order chi connectivity index (χ0) is 22.9. The van der Waals surface area contributed by atoms with Crippen molar-refractivity contribution < 1.29 is 14.3 Å². The first-order chi connectivity index (χ1) is 15.5. The summed E-state index contributed by atoms with van der Waals surface area (Å²) in [6, 6.07) is 15.2. The van der Waals surface area contributed by atoms with E-state index in [1.807, 2.05) is 13.0 Å². The number of amides is 2. The molecular formula is C23H24N4O4S. The van der Waals surface area contributed by atoms with Crippen molar-refractivity contribution in [3.8, 4) is 5.75 Å². The van der Waals surface area contributed by atoms with Crippen LogP contribution < -0.4 is 20.9 Å². The number of aryl methyl sites for hydroxylation is 1. The number of hydrogen-bond donors (Lipinski definition) is 3. The van der Waals surface area contributed by atoms with Gasteiger partial charge in [-0.25, -0.2) is 4.98 Å². The van der Waals surface area contributed by atoms with Crippen LogP contribution in [0.2, 0.25) is 0 Å². The first-order valence-corrected chi connectivity index (χ1v) is 11.0. The predicted molar refractivity (Wildman–Crippen MR) is 126 cm³/mol. The van der Waals surface area contributed by atoms with Gasteiger partial charge in [0.2, 0.25) is 5.91 Å². The lowest BCUT2D eigenvalue weighted by Crippen LogP contribution is -2.16. The van der Waals surface area contributed by atoms with E-state index in [1.165, 1.54) is 13.2 Å². The molecule has 8 nitrogen and oxygen atoms in total. The summed E-state index contributed by atoms with van der Waals surface area (Å²) in [6.07, 6.45) is 1.59. The molecule has 0 radical (unpaired) electrons. The first kappa shape index (κ1) is 23.1. The van der Waals surface area contributed by atoms with Crippen molar-refractivity contribution in [3.05, 3.63) is 76.2 Å². The monoisotopic (exact) mass is 452 g/mol. The first-order valence-electron chi connectivity index (χ1n) is 10.1. The van der Waals surface area contributed by atoms with Crippen LogP contribution in [0.3, 0.4) is 0 Å². The van der Waals surface area contributed by atoms with Crippen LogP contribution in [0.15, 0.2) is 64.5 Å². The summed E-state index contributed by atoms with van der Waals surface area (Å²) in [4.78, 5) is 43.5. The van der Waals surface area contributed by atoms with Crippen LogP contribution in [0.25, 0.3) is 0 Å². The second-order valence-corrected chi connectivity index (χ2v) is 7.82. The van der Waals surface area contributed by atoms with Crippen LogP contribution in [-0.4, -0.2) is 34.6 Å². The molecule has 0 fully saturated rings. The van der Waals surface area contributed by atoms with Gasteiger partial charge in [0.1, 0.15) is 5.75 Å².